The van der Waals surface area contributed by atoms with Crippen LogP contribution in [0.15, 0.2) is 60.8 Å². The Balaban J connectivity index is 1.35. The largest absolute Gasteiger partial charge is 0.399 e. The van der Waals surface area contributed by atoms with Crippen molar-refractivity contribution in [3.05, 3.63) is 66.5 Å². The van der Waals surface area contributed by atoms with E-state index in [1.54, 1.807) is 0 Å². The van der Waals surface area contributed by atoms with Gasteiger partial charge in [-0.3, -0.25) is 9.88 Å². The molecule has 4 N–H and O–H groups in total. The molecule has 5 aliphatic rings. The zero-order valence-corrected chi connectivity index (χ0v) is 24.8. The van der Waals surface area contributed by atoms with Gasteiger partial charge in [0.15, 0.2) is 0 Å². The lowest BCUT2D eigenvalue weighted by atomic mass is 9.54. The van der Waals surface area contributed by atoms with Gasteiger partial charge in [-0.15, -0.1) is 0 Å². The Bertz CT molecular complexity index is 1590. The van der Waals surface area contributed by atoms with Crippen LogP contribution in [0, 0.1) is 11.3 Å². The van der Waals surface area contributed by atoms with E-state index in [-0.39, 0.29) is 11.5 Å². The van der Waals surface area contributed by atoms with Gasteiger partial charge in [-0.1, -0.05) is 24.3 Å². The number of aliphatic hydroxyl groups is 1. The number of benzene rings is 1. The average Bonchev–Trinajstić information content (AvgIpc) is 3.48. The Labute approximate surface area is 249 Å². The predicted molar refractivity (Wildman–Crippen MR) is 172 cm³/mol. The lowest BCUT2D eigenvalue weighted by Gasteiger charge is -2.58. The van der Waals surface area contributed by atoms with Gasteiger partial charge in [0.2, 0.25) is 0 Å². The summed E-state index contributed by atoms with van der Waals surface area (Å²) in [7, 11) is 0. The normalized spacial score (nSPS) is 37.0. The number of hydrogen-bond acceptors (Lipinski definition) is 5. The molecule has 1 aromatic carbocycles. The highest BCUT2D eigenvalue weighted by molar-refractivity contribution is 6.10. The number of H-pyrrole nitrogens is 1. The van der Waals surface area contributed by atoms with E-state index < -0.39 is 5.60 Å². The third kappa shape index (κ3) is 4.21. The summed E-state index contributed by atoms with van der Waals surface area (Å²) in [5.74, 6) is 0.357. The number of nitrogens with zero attached hydrogens (tertiary/aromatic N) is 3. The molecule has 2 fully saturated rings. The molecule has 6 heterocycles. The van der Waals surface area contributed by atoms with Crippen LogP contribution in [0.1, 0.15) is 69.9 Å². The minimum Gasteiger partial charge on any atom is -0.399 e. The number of allylic oxidation sites excluding steroid dienone is 4. The van der Waals surface area contributed by atoms with Crippen molar-refractivity contribution in [2.24, 2.45) is 11.3 Å². The Morgan fingerprint density at radius 2 is 1.81 bits per heavy atom. The summed E-state index contributed by atoms with van der Waals surface area (Å²) in [6.45, 7) is 4.41. The third-order valence-corrected chi connectivity index (χ3v) is 11.3. The summed E-state index contributed by atoms with van der Waals surface area (Å²) < 4.78 is 0. The fourth-order valence-electron chi connectivity index (χ4n) is 9.65. The summed E-state index contributed by atoms with van der Waals surface area (Å²) in [5.41, 5.74) is 10.5. The van der Waals surface area contributed by atoms with Crippen LogP contribution in [0.5, 0.6) is 0 Å². The molecule has 6 atom stereocenters. The van der Waals surface area contributed by atoms with Gasteiger partial charge in [-0.25, -0.2) is 0 Å². The van der Waals surface area contributed by atoms with Gasteiger partial charge in [0.05, 0.1) is 22.9 Å². The molecule has 220 valence electrons. The molecule has 2 aromatic heterocycles. The van der Waals surface area contributed by atoms with Crippen LogP contribution in [-0.2, 0) is 0 Å². The summed E-state index contributed by atoms with van der Waals surface area (Å²) >= 11 is 0. The summed E-state index contributed by atoms with van der Waals surface area (Å²) in [5, 5.41) is 15.4. The van der Waals surface area contributed by atoms with Gasteiger partial charge < -0.3 is 20.7 Å². The third-order valence-electron chi connectivity index (χ3n) is 11.3. The SMILES string of the molecule is Nc1ccc2[nH]c3c(C4=C[C@@]5(O)CC/C=C\CCCCN6CC[C@@H]4[C@]4(C[C@@H]7/C=C\CCCCN7[C@H]45)C6)nccc3c2c1. The molecule has 0 radical (unpaired) electrons. The summed E-state index contributed by atoms with van der Waals surface area (Å²) in [6.07, 6.45) is 25.0. The molecule has 3 aromatic rings. The van der Waals surface area contributed by atoms with Crippen LogP contribution in [0.3, 0.4) is 0 Å². The van der Waals surface area contributed by atoms with Crippen molar-refractivity contribution in [3.8, 4) is 0 Å². The monoisotopic (exact) mass is 563 g/mol. The van der Waals surface area contributed by atoms with E-state index in [0.29, 0.717) is 12.0 Å². The lowest BCUT2D eigenvalue weighted by Crippen LogP contribution is -2.65. The van der Waals surface area contributed by atoms with Gasteiger partial charge in [0, 0.05) is 46.2 Å². The standard InChI is InChI=1S/C36H45N5O/c37-25-12-13-31-28(21-25)27-14-17-38-32(33(27)39-31)29-23-36(42)16-8-4-1-2-5-9-18-40-20-15-30(29)35(24-40)22-26-11-7-3-6-10-19-41(26)34(35)36/h1,4,7,11-14,17,21,23,26,30,34,39,42H,2-3,5-6,8-10,15-16,18-20,22,24,37H2/b4-1-,11-7-/t26-,30-,34+,35-,36-/m0/s1. The zero-order valence-electron chi connectivity index (χ0n) is 24.8. The maximum atomic E-state index is 13.1. The number of fused-ring (bicyclic) bond motifs is 5. The van der Waals surface area contributed by atoms with E-state index >= 15 is 0 Å². The minimum atomic E-state index is -0.921. The van der Waals surface area contributed by atoms with E-state index in [0.717, 1.165) is 91.5 Å². The van der Waals surface area contributed by atoms with E-state index in [9.17, 15) is 5.11 Å². The number of anilines is 1. The van der Waals surface area contributed by atoms with Gasteiger partial charge in [0.1, 0.15) is 0 Å². The first-order valence-corrected chi connectivity index (χ1v) is 16.5. The summed E-state index contributed by atoms with van der Waals surface area (Å²) in [6, 6.07) is 8.73. The number of nitrogens with one attached hydrogen (secondary N) is 1. The molecule has 6 nitrogen and oxygen atoms in total. The first-order chi connectivity index (χ1) is 20.6. The second-order valence-corrected chi connectivity index (χ2v) is 13.8. The maximum absolute atomic E-state index is 13.1. The van der Waals surface area contributed by atoms with Gasteiger partial charge >= 0.3 is 0 Å². The molecule has 1 unspecified atom stereocenters. The number of nitrogens with two attached hydrogens (primary N) is 1. The number of piperidine rings is 1. The van der Waals surface area contributed by atoms with E-state index in [2.05, 4.69) is 63.4 Å². The fraction of sp³-hybridized carbons (Fsp3) is 0.528. The fourth-order valence-corrected chi connectivity index (χ4v) is 9.65. The highest BCUT2D eigenvalue weighted by Gasteiger charge is 2.65. The van der Waals surface area contributed by atoms with Gasteiger partial charge in [-0.2, -0.15) is 0 Å². The Morgan fingerprint density at radius 1 is 0.952 bits per heavy atom. The molecule has 8 rings (SSSR count). The number of rotatable bonds is 1. The number of nitrogen functional groups attached to an aromatic ring is 1. The first-order valence-electron chi connectivity index (χ1n) is 16.5. The highest BCUT2D eigenvalue weighted by Crippen LogP contribution is 2.61. The van der Waals surface area contributed by atoms with Crippen molar-refractivity contribution >= 4 is 33.1 Å². The zero-order chi connectivity index (χ0) is 28.3. The van der Waals surface area contributed by atoms with E-state index in [1.165, 1.54) is 37.7 Å². The average molecular weight is 564 g/mol. The van der Waals surface area contributed by atoms with Crippen LogP contribution in [0.4, 0.5) is 5.69 Å². The lowest BCUT2D eigenvalue weighted by molar-refractivity contribution is -0.0894. The van der Waals surface area contributed by atoms with Crippen molar-refractivity contribution in [3.63, 3.8) is 0 Å². The van der Waals surface area contributed by atoms with Crippen molar-refractivity contribution in [1.82, 2.24) is 19.8 Å². The number of pyridine rings is 1. The second kappa shape index (κ2) is 10.4. The van der Waals surface area contributed by atoms with E-state index in [4.69, 9.17) is 10.7 Å². The smallest absolute Gasteiger partial charge is 0.0998 e. The second-order valence-electron chi connectivity index (χ2n) is 13.8. The van der Waals surface area contributed by atoms with Crippen LogP contribution in [0.25, 0.3) is 27.4 Å². The summed E-state index contributed by atoms with van der Waals surface area (Å²) in [4.78, 5) is 14.3. The van der Waals surface area contributed by atoms with E-state index in [1.807, 2.05) is 12.3 Å². The predicted octanol–water partition coefficient (Wildman–Crippen LogP) is 6.44. The molecular formula is C36H45N5O. The van der Waals surface area contributed by atoms with Crippen molar-refractivity contribution in [2.75, 3.05) is 31.9 Å². The first kappa shape index (κ1) is 26.7. The van der Waals surface area contributed by atoms with Gasteiger partial charge in [-0.05, 0) is 126 Å². The molecular weight excluding hydrogens is 518 g/mol. The van der Waals surface area contributed by atoms with Gasteiger partial charge in [0.25, 0.3) is 0 Å². The molecule has 6 heteroatoms. The van der Waals surface area contributed by atoms with Crippen molar-refractivity contribution in [1.29, 1.82) is 0 Å². The Kier molecular flexibility index (Phi) is 6.58. The maximum Gasteiger partial charge on any atom is 0.0998 e. The molecule has 4 aliphatic heterocycles. The topological polar surface area (TPSA) is 81.4 Å². The van der Waals surface area contributed by atoms with Crippen molar-refractivity contribution < 1.29 is 5.11 Å². The molecule has 0 saturated carbocycles. The number of hydrogen-bond donors (Lipinski definition) is 3. The Hall–Kier alpha value is -2.93. The van der Waals surface area contributed by atoms with Crippen molar-refractivity contribution in [2.45, 2.75) is 81.9 Å². The molecule has 1 spiro atoms. The molecule has 42 heavy (non-hydrogen) atoms. The molecule has 2 saturated heterocycles. The van der Waals surface area contributed by atoms with Crippen LogP contribution in [0.2, 0.25) is 0 Å². The number of aromatic nitrogens is 2. The molecule has 0 amide bonds. The minimum absolute atomic E-state index is 0.0194. The van der Waals surface area contributed by atoms with Crippen LogP contribution in [-0.4, -0.2) is 68.7 Å². The highest BCUT2D eigenvalue weighted by atomic mass is 16.3. The molecule has 3 bridgehead atoms. The number of aromatic amines is 1. The quantitative estimate of drug-likeness (QED) is 0.235. The Morgan fingerprint density at radius 3 is 2.74 bits per heavy atom. The van der Waals surface area contributed by atoms with Crippen LogP contribution < -0.4 is 5.73 Å². The van der Waals surface area contributed by atoms with Crippen LogP contribution >= 0.6 is 0 Å². The molecule has 1 aliphatic carbocycles.